The molecule has 2 atom stereocenters. The number of hydroxylamine groups is 2. The summed E-state index contributed by atoms with van der Waals surface area (Å²) in [6.07, 6.45) is 4.98. The predicted molar refractivity (Wildman–Crippen MR) is 145 cm³/mol. The molecule has 0 unspecified atom stereocenters. The van der Waals surface area contributed by atoms with E-state index in [0.29, 0.717) is 17.9 Å². The van der Waals surface area contributed by atoms with E-state index in [1.807, 2.05) is 0 Å². The lowest BCUT2D eigenvalue weighted by molar-refractivity contribution is -0.228. The second-order valence-electron chi connectivity index (χ2n) is 11.9. The van der Waals surface area contributed by atoms with Crippen molar-refractivity contribution < 1.29 is 22.8 Å². The molecule has 10 heteroatoms. The summed E-state index contributed by atoms with van der Waals surface area (Å²) in [5, 5.41) is 1.39. The third-order valence-electron chi connectivity index (χ3n) is 7.65. The predicted octanol–water partition coefficient (Wildman–Crippen LogP) is 5.23. The number of halogens is 3. The first-order valence-corrected chi connectivity index (χ1v) is 14.1. The zero-order valence-electron chi connectivity index (χ0n) is 23.7. The Morgan fingerprint density at radius 2 is 1.79 bits per heavy atom. The maximum absolute atomic E-state index is 13.6. The molecule has 0 aromatic carbocycles. The van der Waals surface area contributed by atoms with Gasteiger partial charge in [0.25, 0.3) is 5.91 Å². The van der Waals surface area contributed by atoms with Crippen LogP contribution in [-0.2, 0) is 15.8 Å². The van der Waals surface area contributed by atoms with Gasteiger partial charge in [-0.3, -0.25) is 14.6 Å². The number of pyridine rings is 1. The van der Waals surface area contributed by atoms with Crippen LogP contribution >= 0.6 is 0 Å². The van der Waals surface area contributed by atoms with E-state index in [2.05, 4.69) is 60.6 Å². The average Bonchev–Trinajstić information content (AvgIpc) is 2.86. The molecule has 1 aromatic rings. The molecule has 0 aliphatic carbocycles. The number of aromatic nitrogens is 1. The fourth-order valence-corrected chi connectivity index (χ4v) is 5.70. The Balaban J connectivity index is 1.61. The molecule has 0 N–H and O–H groups in total. The Kier molecular flexibility index (Phi) is 9.26. The van der Waals surface area contributed by atoms with Crippen LogP contribution in [-0.4, -0.2) is 82.1 Å². The number of carbonyl (C=O) groups excluding carboxylic acids is 1. The van der Waals surface area contributed by atoms with Crippen LogP contribution in [0.2, 0.25) is 0 Å². The lowest BCUT2D eigenvalue weighted by Gasteiger charge is -2.52. The standard InChI is InChI=1S/C29H42F3N5O2/c1-20(2)14-25-17-35(24-10-12-34(5)13-11-24)19-27-36(25)18-26(15-21(3)4)39-37(27)28(38)9-8-23-7-6-22(16-33-23)29(30,31)32/h6-9,16,19-21,24-26H,10-15,17-18H2,1-5H3/b9-8+/t25-,26+/m0/s1. The molecule has 0 saturated carbocycles. The monoisotopic (exact) mass is 549 g/mol. The Hall–Kier alpha value is -2.59. The lowest BCUT2D eigenvalue weighted by Crippen LogP contribution is -2.60. The van der Waals surface area contributed by atoms with Crippen LogP contribution in [0.1, 0.15) is 64.6 Å². The van der Waals surface area contributed by atoms with Crippen LogP contribution in [0, 0.1) is 11.8 Å². The smallest absolute Gasteiger partial charge is 0.369 e. The topological polar surface area (TPSA) is 52.2 Å². The molecule has 3 aliphatic rings. The molecule has 39 heavy (non-hydrogen) atoms. The van der Waals surface area contributed by atoms with Crippen LogP contribution < -0.4 is 0 Å². The fourth-order valence-electron chi connectivity index (χ4n) is 5.70. The number of fused-ring (bicyclic) bond motifs is 1. The first-order chi connectivity index (χ1) is 18.4. The number of carbonyl (C=O) groups is 1. The molecular weight excluding hydrogens is 507 g/mol. The normalized spacial score (nSPS) is 23.6. The van der Waals surface area contributed by atoms with Crippen molar-refractivity contribution in [2.24, 2.45) is 11.8 Å². The minimum Gasteiger partial charge on any atom is -0.369 e. The van der Waals surface area contributed by atoms with Gasteiger partial charge in [0.15, 0.2) is 5.82 Å². The van der Waals surface area contributed by atoms with Crippen molar-refractivity contribution in [2.45, 2.75) is 77.7 Å². The van der Waals surface area contributed by atoms with E-state index in [-0.39, 0.29) is 23.7 Å². The molecule has 1 aromatic heterocycles. The van der Waals surface area contributed by atoms with Crippen LogP contribution in [0.25, 0.3) is 6.08 Å². The quantitative estimate of drug-likeness (QED) is 0.435. The summed E-state index contributed by atoms with van der Waals surface area (Å²) in [6, 6.07) is 2.88. The summed E-state index contributed by atoms with van der Waals surface area (Å²) in [4.78, 5) is 30.8. The van der Waals surface area contributed by atoms with Crippen LogP contribution in [0.15, 0.2) is 36.4 Å². The minimum atomic E-state index is -4.46. The van der Waals surface area contributed by atoms with Gasteiger partial charge in [0.1, 0.15) is 6.10 Å². The summed E-state index contributed by atoms with van der Waals surface area (Å²) >= 11 is 0. The van der Waals surface area contributed by atoms with E-state index in [9.17, 15) is 18.0 Å². The number of amides is 1. The number of hydrogen-bond acceptors (Lipinski definition) is 6. The minimum absolute atomic E-state index is 0.145. The lowest BCUT2D eigenvalue weighted by atomic mass is 9.96. The molecule has 4 heterocycles. The second-order valence-corrected chi connectivity index (χ2v) is 11.9. The van der Waals surface area contributed by atoms with Gasteiger partial charge in [-0.25, -0.2) is 0 Å². The highest BCUT2D eigenvalue weighted by Crippen LogP contribution is 2.34. The average molecular weight is 550 g/mol. The molecule has 1 amide bonds. The van der Waals surface area contributed by atoms with Gasteiger partial charge < -0.3 is 14.7 Å². The van der Waals surface area contributed by atoms with E-state index in [1.165, 1.54) is 23.3 Å². The number of hydrogen-bond donors (Lipinski definition) is 0. The van der Waals surface area contributed by atoms with Crippen molar-refractivity contribution in [3.8, 4) is 0 Å². The van der Waals surface area contributed by atoms with E-state index in [1.54, 1.807) is 0 Å². The van der Waals surface area contributed by atoms with E-state index < -0.39 is 11.7 Å². The van der Waals surface area contributed by atoms with Crippen molar-refractivity contribution in [2.75, 3.05) is 33.2 Å². The van der Waals surface area contributed by atoms with Gasteiger partial charge in [0.2, 0.25) is 0 Å². The highest BCUT2D eigenvalue weighted by atomic mass is 19.4. The van der Waals surface area contributed by atoms with Crippen LogP contribution in [0.4, 0.5) is 13.2 Å². The first kappa shape index (κ1) is 29.4. The molecule has 2 fully saturated rings. The Morgan fingerprint density at radius 1 is 1.10 bits per heavy atom. The van der Waals surface area contributed by atoms with Crippen LogP contribution in [0.3, 0.4) is 0 Å². The number of alkyl halides is 3. The highest BCUT2D eigenvalue weighted by Gasteiger charge is 2.41. The van der Waals surface area contributed by atoms with Gasteiger partial charge in [-0.15, -0.1) is 0 Å². The Morgan fingerprint density at radius 3 is 2.38 bits per heavy atom. The molecule has 7 nitrogen and oxygen atoms in total. The van der Waals surface area contributed by atoms with Gasteiger partial charge in [-0.2, -0.15) is 18.2 Å². The zero-order chi connectivity index (χ0) is 28.3. The SMILES string of the molecule is CC(C)C[C@@H]1CN2C(=CN(C3CCN(C)CC3)C[C@@H]2CC(C)C)N(C(=O)/C=C/c2ccc(C(F)(F)F)cn2)O1. The largest absolute Gasteiger partial charge is 0.417 e. The first-order valence-electron chi connectivity index (χ1n) is 14.1. The summed E-state index contributed by atoms with van der Waals surface area (Å²) in [5.74, 6) is 1.25. The van der Waals surface area contributed by atoms with Gasteiger partial charge in [-0.1, -0.05) is 27.7 Å². The van der Waals surface area contributed by atoms with E-state index in [0.717, 1.165) is 69.9 Å². The maximum Gasteiger partial charge on any atom is 0.417 e. The van der Waals surface area contributed by atoms with Crippen molar-refractivity contribution in [3.63, 3.8) is 0 Å². The molecule has 2 saturated heterocycles. The third kappa shape index (κ3) is 7.54. The van der Waals surface area contributed by atoms with E-state index in [4.69, 9.17) is 4.84 Å². The zero-order valence-corrected chi connectivity index (χ0v) is 23.7. The second kappa shape index (κ2) is 12.3. The van der Waals surface area contributed by atoms with Crippen molar-refractivity contribution in [1.82, 2.24) is 24.7 Å². The maximum atomic E-state index is 13.6. The molecule has 0 bridgehead atoms. The van der Waals surface area contributed by atoms with Gasteiger partial charge in [0.05, 0.1) is 11.3 Å². The number of piperidine rings is 1. The number of nitrogens with zero attached hydrogens (tertiary/aromatic N) is 5. The Labute approximate surface area is 230 Å². The van der Waals surface area contributed by atoms with Gasteiger partial charge in [0, 0.05) is 43.6 Å². The molecule has 0 radical (unpaired) electrons. The molecule has 0 spiro atoms. The van der Waals surface area contributed by atoms with Gasteiger partial charge in [-0.05, 0) is 75.9 Å². The number of rotatable bonds is 7. The highest BCUT2D eigenvalue weighted by molar-refractivity contribution is 5.92. The van der Waals surface area contributed by atoms with Gasteiger partial charge >= 0.3 is 6.18 Å². The molecule has 216 valence electrons. The third-order valence-corrected chi connectivity index (χ3v) is 7.65. The Bertz CT molecular complexity index is 1030. The van der Waals surface area contributed by atoms with Crippen molar-refractivity contribution in [3.05, 3.63) is 47.7 Å². The summed E-state index contributed by atoms with van der Waals surface area (Å²) in [6.45, 7) is 12.5. The van der Waals surface area contributed by atoms with E-state index >= 15 is 0 Å². The molecule has 4 rings (SSSR count). The molecular formula is C29H42F3N5O2. The van der Waals surface area contributed by atoms with Crippen LogP contribution in [0.5, 0.6) is 0 Å². The number of likely N-dealkylation sites (tertiary alicyclic amines) is 1. The fraction of sp³-hybridized carbons (Fsp3) is 0.655. The molecule has 3 aliphatic heterocycles. The van der Waals surface area contributed by atoms with Crippen molar-refractivity contribution in [1.29, 1.82) is 0 Å². The summed E-state index contributed by atoms with van der Waals surface area (Å²) in [5.41, 5.74) is -0.553. The van der Waals surface area contributed by atoms with Crippen molar-refractivity contribution >= 4 is 12.0 Å². The summed E-state index contributed by atoms with van der Waals surface area (Å²) in [7, 11) is 2.15. The summed E-state index contributed by atoms with van der Waals surface area (Å²) < 4.78 is 38.7.